The molecule has 3 aliphatic heterocycles. The number of aliphatic hydroxyl groups is 4. The van der Waals surface area contributed by atoms with Crippen LogP contribution in [0.5, 0.6) is 0 Å². The third-order valence-electron chi connectivity index (χ3n) is 22.2. The minimum atomic E-state index is -2.50. The molecule has 640 valence electrons. The normalized spacial score (nSPS) is 27.2. The molecule has 33 nitrogen and oxygen atoms in total. The Bertz CT molecular complexity index is 4110. The van der Waals surface area contributed by atoms with Crippen molar-refractivity contribution in [1.29, 1.82) is 0 Å². The number of benzene rings is 1. The number of fused-ring (bicyclic) bond motifs is 5. The molecule has 1 aliphatic carbocycles. The summed E-state index contributed by atoms with van der Waals surface area (Å²) in [5.74, 6) is -8.95. The summed E-state index contributed by atoms with van der Waals surface area (Å²) < 4.78 is 61.6. The number of amides is 2. The van der Waals surface area contributed by atoms with Gasteiger partial charge in [-0.25, -0.2) is 24.1 Å². The first-order chi connectivity index (χ1) is 55.8. The molecule has 0 radical (unpaired) electrons. The van der Waals surface area contributed by atoms with E-state index in [4.69, 9.17) is 69.3 Å². The monoisotopic (exact) mass is 1620 g/mol. The van der Waals surface area contributed by atoms with Gasteiger partial charge in [0.15, 0.2) is 17.0 Å². The van der Waals surface area contributed by atoms with Gasteiger partial charge in [0, 0.05) is 88.2 Å². The number of nitrogens with one attached hydrogen (secondary N) is 1. The molecular formula is C83H123N13O20. The van der Waals surface area contributed by atoms with Crippen LogP contribution in [0.3, 0.4) is 0 Å². The molecule has 1 saturated carbocycles. The van der Waals surface area contributed by atoms with E-state index in [1.807, 2.05) is 62.6 Å². The van der Waals surface area contributed by atoms with Gasteiger partial charge in [0.1, 0.15) is 53.5 Å². The lowest BCUT2D eigenvalue weighted by molar-refractivity contribution is -0.265. The molecule has 4 aliphatic rings. The van der Waals surface area contributed by atoms with E-state index < -0.39 is 108 Å². The predicted octanol–water partition coefficient (Wildman–Crippen LogP) is 6.38. The number of nitrogens with zero attached hydrogens (tertiary/aromatic N) is 9. The topological polar surface area (TPSA) is 460 Å². The highest BCUT2D eigenvalue weighted by Gasteiger charge is 2.53. The number of rotatable bonds is 34. The van der Waals surface area contributed by atoms with Gasteiger partial charge >= 0.3 is 5.97 Å². The summed E-state index contributed by atoms with van der Waals surface area (Å²) in [6.45, 7) is 16.1. The van der Waals surface area contributed by atoms with Crippen LogP contribution in [0.1, 0.15) is 156 Å². The lowest BCUT2D eigenvalue weighted by Gasteiger charge is -2.42. The second kappa shape index (κ2) is 46.3. The fraction of sp³-hybridized carbons (Fsp3) is 0.663. The van der Waals surface area contributed by atoms with Gasteiger partial charge in [-0.1, -0.05) is 69.4 Å². The Morgan fingerprint density at radius 1 is 0.784 bits per heavy atom. The van der Waals surface area contributed by atoms with Gasteiger partial charge in [-0.05, 0) is 151 Å². The Balaban J connectivity index is 0.626. The van der Waals surface area contributed by atoms with E-state index in [1.54, 1.807) is 43.3 Å². The van der Waals surface area contributed by atoms with Crippen molar-refractivity contribution < 1.29 is 96.2 Å². The van der Waals surface area contributed by atoms with Crippen molar-refractivity contribution in [3.8, 4) is 11.3 Å². The van der Waals surface area contributed by atoms with Gasteiger partial charge in [-0.15, -0.1) is 5.10 Å². The van der Waals surface area contributed by atoms with Crippen molar-refractivity contribution in [1.82, 2.24) is 49.9 Å². The van der Waals surface area contributed by atoms with Crippen LogP contribution in [-0.4, -0.2) is 254 Å². The summed E-state index contributed by atoms with van der Waals surface area (Å²) in [4.78, 5) is 97.7. The minimum Gasteiger partial charge on any atom is -0.459 e. The molecular weight excluding hydrogens is 1500 g/mol. The van der Waals surface area contributed by atoms with E-state index in [0.717, 1.165) is 41.0 Å². The van der Waals surface area contributed by atoms with Crippen molar-refractivity contribution in [2.75, 3.05) is 104 Å². The Morgan fingerprint density at radius 2 is 1.52 bits per heavy atom. The number of piperidine rings is 1. The lowest BCUT2D eigenvalue weighted by Crippen LogP contribution is -2.61. The number of Topliss-reactive ketones (excluding diaryl/α,β-unsaturated/α-hetero) is 3. The number of nitrogen functional groups attached to an aromatic ring is 2. The van der Waals surface area contributed by atoms with Crippen LogP contribution in [0.2, 0.25) is 0 Å². The van der Waals surface area contributed by atoms with E-state index in [1.165, 1.54) is 19.3 Å². The highest BCUT2D eigenvalue weighted by molar-refractivity contribution is 6.39. The predicted molar refractivity (Wildman–Crippen MR) is 429 cm³/mol. The number of nitrogens with two attached hydrogens (primary N) is 3. The van der Waals surface area contributed by atoms with Gasteiger partial charge < -0.3 is 94.9 Å². The second-order valence-electron chi connectivity index (χ2n) is 31.3. The molecule has 4 aromatic heterocycles. The van der Waals surface area contributed by atoms with Crippen molar-refractivity contribution in [2.24, 2.45) is 35.3 Å². The van der Waals surface area contributed by atoms with E-state index >= 15 is 0 Å². The summed E-state index contributed by atoms with van der Waals surface area (Å²) >= 11 is 0. The number of methoxy groups -OCH3 is 1. The number of oxazole rings is 1. The SMILES string of the molecule is COC1C[C@@H]2CC[C@@H](C)[C@@](O)(O2)C(=O)C(=O)N2CCCCC2C(=O)OC([C@H](N)CC2CCC(OCCCCc3cn(CCOCCOCCOCCOCCOCCC(=O)NCCCCn4nc(-c5ccc6oc(N)nc6c5)c5c(N)ncnc54)nn3)[C@H](O)C2)CC(=O)C(C)/C=C(\C)C(O)[C@@H](O)C(=O)C(C)CC(C)/C=C/C=CC=C1C. The summed E-state index contributed by atoms with van der Waals surface area (Å²) in [7, 11) is 1.55. The largest absolute Gasteiger partial charge is 0.459 e. The maximum absolute atomic E-state index is 14.6. The van der Waals surface area contributed by atoms with Crippen molar-refractivity contribution >= 4 is 69.1 Å². The van der Waals surface area contributed by atoms with Gasteiger partial charge in [0.2, 0.25) is 11.7 Å². The zero-order valence-electron chi connectivity index (χ0n) is 68.3. The van der Waals surface area contributed by atoms with Crippen molar-refractivity contribution in [3.05, 3.63) is 84.0 Å². The smallest absolute Gasteiger partial charge is 0.329 e. The minimum absolute atomic E-state index is 0.0113. The molecule has 1 aromatic carbocycles. The van der Waals surface area contributed by atoms with E-state index in [-0.39, 0.29) is 74.6 Å². The van der Waals surface area contributed by atoms with Crippen LogP contribution in [0.4, 0.5) is 11.8 Å². The maximum atomic E-state index is 14.6. The fourth-order valence-corrected chi connectivity index (χ4v) is 15.3. The molecule has 9 rings (SSSR count). The van der Waals surface area contributed by atoms with Gasteiger partial charge in [0.05, 0.1) is 108 Å². The number of anilines is 2. The summed E-state index contributed by atoms with van der Waals surface area (Å²) in [6, 6.07) is 3.35. The van der Waals surface area contributed by atoms with Gasteiger partial charge in [-0.2, -0.15) is 10.1 Å². The third kappa shape index (κ3) is 26.9. The first-order valence-corrected chi connectivity index (χ1v) is 41.2. The maximum Gasteiger partial charge on any atom is 0.329 e. The molecule has 5 aromatic rings. The molecule has 7 heterocycles. The number of aromatic nitrogens is 8. The standard InChI is InChI=1S/C83H123N13O20/c1-52-17-9-8-10-18-53(2)69(107-7)48-61-24-21-57(6)83(106,116-61)77(103)80(104)95-29-14-11-20-64(95)81(105)114-70(49-65(97)54(3)44-56(5)75(101)76(102)74(100)55(4)43-52)62(84)45-58-22-25-68(66(98)46-58)113-32-16-12-19-60-50-94(93-91-60)31-34-109-36-38-111-40-42-112-41-39-110-37-35-108-33-27-71(99)87-28-13-15-30-96-79-72(78(85)88-51-89-79)73(92-96)59-23-26-67-63(47-59)90-82(86)115-67/h8-10,17-18,23,26,44,47,50-52,54-55,57-58,61-62,64,66,68-70,75-76,98,101-102,106H,11-16,19-22,24-25,27-43,45-46,48-49,84H2,1-7H3,(H2,86,90)(H,87,99)(H2,85,88,89)/b10-8?,17-9+,53-18?,56-44+/t52?,54?,55?,57-,58?,61+,62-,64?,66-,68?,69?,70?,75?,76+,83-/m1/s1. The highest BCUT2D eigenvalue weighted by atomic mass is 16.6. The molecule has 15 atom stereocenters. The Morgan fingerprint density at radius 3 is 2.25 bits per heavy atom. The molecule has 2 bridgehead atoms. The first-order valence-electron chi connectivity index (χ1n) is 41.2. The molecule has 2 amide bonds. The molecule has 3 fully saturated rings. The van der Waals surface area contributed by atoms with Crippen LogP contribution in [0.25, 0.3) is 33.4 Å². The van der Waals surface area contributed by atoms with Crippen LogP contribution < -0.4 is 22.5 Å². The number of aryl methyl sites for hydroxylation is 2. The van der Waals surface area contributed by atoms with Crippen LogP contribution in [0, 0.1) is 29.6 Å². The number of hydrogen-bond donors (Lipinski definition) is 8. The highest BCUT2D eigenvalue weighted by Crippen LogP contribution is 2.38. The summed E-state index contributed by atoms with van der Waals surface area (Å²) in [5, 5.41) is 63.0. The first kappa shape index (κ1) is 91.7. The van der Waals surface area contributed by atoms with Crippen LogP contribution in [-0.2, 0) is 90.9 Å². The molecule has 33 heteroatoms. The average molecular weight is 1620 g/mol. The zero-order valence-corrected chi connectivity index (χ0v) is 68.3. The Kier molecular flexibility index (Phi) is 36.6. The number of carbonyl (C=O) groups excluding carboxylic acids is 6. The summed E-state index contributed by atoms with van der Waals surface area (Å²) in [6.07, 6.45) is 14.9. The number of hydrogen-bond acceptors (Lipinski definition) is 29. The van der Waals surface area contributed by atoms with E-state index in [9.17, 15) is 49.2 Å². The molecule has 2 saturated heterocycles. The fourth-order valence-electron chi connectivity index (χ4n) is 15.3. The molecule has 0 spiro atoms. The molecule has 116 heavy (non-hydrogen) atoms. The number of carbonyl (C=O) groups is 6. The Labute approximate surface area is 678 Å². The number of cyclic esters (lactones) is 1. The Hall–Kier alpha value is -8.16. The lowest BCUT2D eigenvalue weighted by atomic mass is 9.80. The number of ether oxygens (including phenoxy) is 9. The van der Waals surface area contributed by atoms with Gasteiger partial charge in [0.25, 0.3) is 17.7 Å². The van der Waals surface area contributed by atoms with Crippen molar-refractivity contribution in [3.63, 3.8) is 0 Å². The van der Waals surface area contributed by atoms with Crippen LogP contribution in [0.15, 0.2) is 82.7 Å². The number of esters is 1. The number of unbranched alkanes of at least 4 members (excludes halogenated alkanes) is 2. The number of aliphatic hydroxyl groups excluding tert-OH is 3. The second-order valence-corrected chi connectivity index (χ2v) is 31.3. The summed E-state index contributed by atoms with van der Waals surface area (Å²) in [5.41, 5.74) is 24.0. The zero-order chi connectivity index (χ0) is 83.3. The quantitative estimate of drug-likeness (QED) is 0.00957. The average Bonchev–Trinajstić information content (AvgIpc) is 1.54. The molecule has 11 N–H and O–H groups in total. The van der Waals surface area contributed by atoms with Crippen LogP contribution >= 0.6 is 0 Å². The van der Waals surface area contributed by atoms with Crippen molar-refractivity contribution in [2.45, 2.75) is 231 Å². The molecule has 9 unspecified atom stereocenters. The number of allylic oxidation sites excluding steroid dienone is 6. The number of ketones is 3. The third-order valence-corrected chi connectivity index (χ3v) is 22.2. The van der Waals surface area contributed by atoms with Gasteiger partial charge in [-0.3, -0.25) is 24.0 Å². The van der Waals surface area contributed by atoms with E-state index in [2.05, 4.69) is 30.6 Å². The van der Waals surface area contributed by atoms with E-state index in [0.29, 0.717) is 184 Å².